The highest BCUT2D eigenvalue weighted by Gasteiger charge is 2.20. The molecule has 0 atom stereocenters. The van der Waals surface area contributed by atoms with Gasteiger partial charge in [-0.15, -0.1) is 0 Å². The molecule has 0 amide bonds. The van der Waals surface area contributed by atoms with E-state index in [1.54, 1.807) is 6.08 Å². The molecule has 0 saturated heterocycles. The van der Waals surface area contributed by atoms with E-state index in [1.165, 1.54) is 5.98 Å². The van der Waals surface area contributed by atoms with Crippen molar-refractivity contribution in [2.24, 2.45) is 0 Å². The van der Waals surface area contributed by atoms with E-state index in [-0.39, 0.29) is 5.68 Å². The third-order valence-corrected chi connectivity index (χ3v) is 0.967. The van der Waals surface area contributed by atoms with E-state index in [0.29, 0.717) is 6.42 Å². The van der Waals surface area contributed by atoms with Crippen molar-refractivity contribution >= 4 is 12.6 Å². The molecule has 1 N–H and O–H groups in total. The lowest BCUT2D eigenvalue weighted by atomic mass is 9.68. The maximum Gasteiger partial charge on any atom is 0.392 e. The topological polar surface area (TPSA) is 37.3 Å². The van der Waals surface area contributed by atoms with Crippen molar-refractivity contribution in [1.82, 2.24) is 0 Å². The monoisotopic (exact) mass is 96.0 g/mol. The molecule has 1 heterocycles. The number of allylic oxidation sites excluding steroid dienone is 1. The lowest BCUT2D eigenvalue weighted by Gasteiger charge is -1.83. The molecule has 1 aliphatic rings. The summed E-state index contributed by atoms with van der Waals surface area (Å²) in [5.74, 6) is 1.50. The first-order chi connectivity index (χ1) is 3.30. The molecule has 2 nitrogen and oxygen atoms in total. The third kappa shape index (κ3) is 0.720. The van der Waals surface area contributed by atoms with Crippen LogP contribution in [-0.2, 0) is 4.79 Å². The molecular weight excluding hydrogens is 90.9 g/mol. The summed E-state index contributed by atoms with van der Waals surface area (Å²) in [6, 6.07) is 0. The Morgan fingerprint density at radius 2 is 2.57 bits per heavy atom. The molecular formula is C4H5BO2. The SMILES string of the molecule is O=C1CC=CB1O. The van der Waals surface area contributed by atoms with Crippen LogP contribution >= 0.6 is 0 Å². The standard InChI is InChI=1S/C4H5BO2/c6-4-2-1-3-5(4)7/h1,3,7H,2H2. The van der Waals surface area contributed by atoms with Crippen LogP contribution < -0.4 is 0 Å². The summed E-state index contributed by atoms with van der Waals surface area (Å²) < 4.78 is 0. The van der Waals surface area contributed by atoms with Gasteiger partial charge in [-0.1, -0.05) is 12.1 Å². The minimum Gasteiger partial charge on any atom is -0.441 e. The van der Waals surface area contributed by atoms with Crippen LogP contribution in [0, 0.1) is 0 Å². The molecule has 0 radical (unpaired) electrons. The summed E-state index contributed by atoms with van der Waals surface area (Å²) in [5.41, 5.74) is -0.0972. The number of hydrogen-bond donors (Lipinski definition) is 1. The molecule has 1 aliphatic heterocycles. The first-order valence-corrected chi connectivity index (χ1v) is 2.18. The van der Waals surface area contributed by atoms with Gasteiger partial charge in [-0.05, 0) is 0 Å². The minimum atomic E-state index is -0.806. The summed E-state index contributed by atoms with van der Waals surface area (Å²) in [7, 11) is 0. The summed E-state index contributed by atoms with van der Waals surface area (Å²) >= 11 is 0. The van der Waals surface area contributed by atoms with Crippen molar-refractivity contribution in [1.29, 1.82) is 0 Å². The molecule has 0 aromatic rings. The molecule has 0 bridgehead atoms. The average Bonchev–Trinajstić information content (AvgIpc) is 1.91. The zero-order chi connectivity index (χ0) is 5.28. The first-order valence-electron chi connectivity index (χ1n) is 2.18. The van der Waals surface area contributed by atoms with Gasteiger partial charge in [0, 0.05) is 6.42 Å². The molecule has 0 fully saturated rings. The summed E-state index contributed by atoms with van der Waals surface area (Å²) in [4.78, 5) is 10.3. The van der Waals surface area contributed by atoms with Crippen LogP contribution in [0.4, 0.5) is 0 Å². The molecule has 1 rings (SSSR count). The zero-order valence-corrected chi connectivity index (χ0v) is 3.79. The van der Waals surface area contributed by atoms with Gasteiger partial charge in [-0.25, -0.2) is 0 Å². The molecule has 0 aliphatic carbocycles. The van der Waals surface area contributed by atoms with Crippen molar-refractivity contribution in [2.75, 3.05) is 0 Å². The Morgan fingerprint density at radius 3 is 2.71 bits per heavy atom. The fraction of sp³-hybridized carbons (Fsp3) is 0.250. The van der Waals surface area contributed by atoms with Crippen molar-refractivity contribution < 1.29 is 9.82 Å². The Hall–Kier alpha value is -0.565. The van der Waals surface area contributed by atoms with Gasteiger partial charge in [0.2, 0.25) is 0 Å². The lowest BCUT2D eigenvalue weighted by molar-refractivity contribution is -0.112. The van der Waals surface area contributed by atoms with E-state index in [2.05, 4.69) is 0 Å². The van der Waals surface area contributed by atoms with E-state index >= 15 is 0 Å². The number of rotatable bonds is 0. The van der Waals surface area contributed by atoms with Crippen LogP contribution in [0.1, 0.15) is 6.42 Å². The van der Waals surface area contributed by atoms with Gasteiger partial charge in [0.25, 0.3) is 0 Å². The molecule has 0 aromatic heterocycles. The van der Waals surface area contributed by atoms with Gasteiger partial charge in [0.05, 0.1) is 0 Å². The Labute approximate surface area is 42.0 Å². The smallest absolute Gasteiger partial charge is 0.392 e. The quantitative estimate of drug-likeness (QED) is 0.415. The van der Waals surface area contributed by atoms with E-state index in [9.17, 15) is 4.79 Å². The van der Waals surface area contributed by atoms with Crippen molar-refractivity contribution in [3.8, 4) is 0 Å². The molecule has 0 unspecified atom stereocenters. The highest BCUT2D eigenvalue weighted by molar-refractivity contribution is 6.89. The van der Waals surface area contributed by atoms with Crippen LogP contribution in [0.25, 0.3) is 0 Å². The van der Waals surface area contributed by atoms with Crippen molar-refractivity contribution in [3.05, 3.63) is 12.1 Å². The summed E-state index contributed by atoms with van der Waals surface area (Å²) in [6.07, 6.45) is 2.08. The maximum atomic E-state index is 10.3. The second kappa shape index (κ2) is 1.50. The van der Waals surface area contributed by atoms with Gasteiger partial charge in [0.1, 0.15) is 5.68 Å². The van der Waals surface area contributed by atoms with Crippen LogP contribution in [0.2, 0.25) is 0 Å². The molecule has 0 spiro atoms. The van der Waals surface area contributed by atoms with E-state index in [1.807, 2.05) is 0 Å². The highest BCUT2D eigenvalue weighted by Crippen LogP contribution is 1.99. The second-order valence-electron chi connectivity index (χ2n) is 1.54. The number of hydrogen-bond acceptors (Lipinski definition) is 2. The van der Waals surface area contributed by atoms with Crippen LogP contribution in [-0.4, -0.2) is 17.6 Å². The third-order valence-electron chi connectivity index (χ3n) is 0.967. The predicted molar refractivity (Wildman–Crippen MR) is 26.7 cm³/mol. The van der Waals surface area contributed by atoms with E-state index < -0.39 is 6.92 Å². The molecule has 7 heavy (non-hydrogen) atoms. The van der Waals surface area contributed by atoms with Crippen molar-refractivity contribution in [3.63, 3.8) is 0 Å². The Balaban J connectivity index is 2.62. The minimum absolute atomic E-state index is 0.0972. The Morgan fingerprint density at radius 1 is 1.86 bits per heavy atom. The molecule has 36 valence electrons. The van der Waals surface area contributed by atoms with Gasteiger partial charge in [-0.2, -0.15) is 0 Å². The predicted octanol–water partition coefficient (Wildman–Crippen LogP) is -0.422. The van der Waals surface area contributed by atoms with E-state index in [4.69, 9.17) is 5.02 Å². The zero-order valence-electron chi connectivity index (χ0n) is 3.79. The van der Waals surface area contributed by atoms with Crippen molar-refractivity contribution in [2.45, 2.75) is 6.42 Å². The van der Waals surface area contributed by atoms with Crippen LogP contribution in [0.15, 0.2) is 12.1 Å². The second-order valence-corrected chi connectivity index (χ2v) is 1.54. The van der Waals surface area contributed by atoms with Gasteiger partial charge < -0.3 is 9.82 Å². The Bertz CT molecular complexity index is 119. The van der Waals surface area contributed by atoms with E-state index in [0.717, 1.165) is 0 Å². The van der Waals surface area contributed by atoms with Gasteiger partial charge in [0.15, 0.2) is 0 Å². The molecule has 0 saturated carbocycles. The average molecular weight is 95.9 g/mol. The number of carbonyl (C=O) groups is 1. The number of carbonyl (C=O) groups excluding carboxylic acids is 1. The fourth-order valence-corrected chi connectivity index (χ4v) is 0.541. The molecule has 3 heteroatoms. The highest BCUT2D eigenvalue weighted by atomic mass is 16.2. The fourth-order valence-electron chi connectivity index (χ4n) is 0.541. The maximum absolute atomic E-state index is 10.3. The summed E-state index contributed by atoms with van der Waals surface area (Å²) in [6.45, 7) is -0.806. The van der Waals surface area contributed by atoms with Crippen LogP contribution in [0.3, 0.4) is 0 Å². The largest absolute Gasteiger partial charge is 0.441 e. The first kappa shape index (κ1) is 4.59. The normalized spacial score (nSPS) is 19.0. The lowest BCUT2D eigenvalue weighted by Crippen LogP contribution is -2.17. The Kier molecular flexibility index (Phi) is 0.985. The van der Waals surface area contributed by atoms with Gasteiger partial charge in [-0.3, -0.25) is 0 Å². The molecule has 0 aromatic carbocycles. The van der Waals surface area contributed by atoms with Crippen LogP contribution in [0.5, 0.6) is 0 Å². The summed E-state index contributed by atoms with van der Waals surface area (Å²) in [5, 5.41) is 8.56. The van der Waals surface area contributed by atoms with Gasteiger partial charge >= 0.3 is 6.92 Å².